The Hall–Kier alpha value is -1.26. The molecule has 0 aromatic heterocycles. The zero-order valence-electron chi connectivity index (χ0n) is 17.5. The summed E-state index contributed by atoms with van der Waals surface area (Å²) in [6.07, 6.45) is 8.30. The first-order valence-electron chi connectivity index (χ1n) is 11.4. The van der Waals surface area contributed by atoms with E-state index in [9.17, 15) is 8.78 Å². The van der Waals surface area contributed by atoms with Crippen LogP contribution in [0, 0.1) is 23.7 Å². The minimum atomic E-state index is -1.54. The fraction of sp³-hybridized carbons (Fsp3) is 0.680. The summed E-state index contributed by atoms with van der Waals surface area (Å²) in [7, 11) is 0. The van der Waals surface area contributed by atoms with E-state index in [0.717, 1.165) is 62.4 Å². The van der Waals surface area contributed by atoms with Crippen molar-refractivity contribution in [3.8, 4) is 0 Å². The summed E-state index contributed by atoms with van der Waals surface area (Å²) in [5.74, 6) is 2.68. The molecule has 29 heavy (non-hydrogen) atoms. The first-order chi connectivity index (χ1) is 14.1. The lowest BCUT2D eigenvalue weighted by Crippen LogP contribution is -2.34. The molecule has 0 atom stereocenters. The molecule has 1 aromatic carbocycles. The Bertz CT molecular complexity index is 659. The van der Waals surface area contributed by atoms with Crippen LogP contribution in [0.3, 0.4) is 0 Å². The number of hydrogen-bond acceptors (Lipinski definition) is 2. The predicted molar refractivity (Wildman–Crippen MR) is 111 cm³/mol. The molecule has 1 aromatic rings. The molecule has 0 spiro atoms. The van der Waals surface area contributed by atoms with Crippen molar-refractivity contribution in [1.82, 2.24) is 0 Å². The highest BCUT2D eigenvalue weighted by atomic mass is 19.3. The standard InChI is InChI=1S/C25H34F2O2/c1-17-2-6-21(7-3-17)23-15-28-25(29-16-23)22-12-10-20(11-13-22)19-8-4-18(5-9-19)14-24(26)27/h10-14,17-19,21,23,25H,2-9,15-16H2,1H3. The van der Waals surface area contributed by atoms with Crippen LogP contribution in [0.5, 0.6) is 0 Å². The molecule has 4 rings (SSSR count). The second kappa shape index (κ2) is 9.70. The highest BCUT2D eigenvalue weighted by Gasteiger charge is 2.31. The monoisotopic (exact) mass is 404 g/mol. The van der Waals surface area contributed by atoms with Gasteiger partial charge in [0.1, 0.15) is 0 Å². The first-order valence-corrected chi connectivity index (χ1v) is 11.4. The SMILES string of the molecule is CC1CCC(C2COC(c3ccc(C4CCC(C=C(F)F)CC4)cc3)OC2)CC1. The van der Waals surface area contributed by atoms with E-state index < -0.39 is 6.08 Å². The molecule has 2 saturated carbocycles. The van der Waals surface area contributed by atoms with Gasteiger partial charge in [0.2, 0.25) is 0 Å². The average molecular weight is 405 g/mol. The molecule has 1 saturated heterocycles. The third kappa shape index (κ3) is 5.46. The van der Waals surface area contributed by atoms with Gasteiger partial charge >= 0.3 is 0 Å². The van der Waals surface area contributed by atoms with Gasteiger partial charge in [-0.2, -0.15) is 8.78 Å². The van der Waals surface area contributed by atoms with Crippen molar-refractivity contribution in [3.05, 3.63) is 47.5 Å². The van der Waals surface area contributed by atoms with Crippen molar-refractivity contribution in [2.45, 2.75) is 70.5 Å². The van der Waals surface area contributed by atoms with Crippen molar-refractivity contribution in [3.63, 3.8) is 0 Å². The smallest absolute Gasteiger partial charge is 0.266 e. The van der Waals surface area contributed by atoms with Crippen molar-refractivity contribution in [2.75, 3.05) is 13.2 Å². The van der Waals surface area contributed by atoms with Gasteiger partial charge in [0.15, 0.2) is 6.29 Å². The maximum atomic E-state index is 12.4. The highest BCUT2D eigenvalue weighted by molar-refractivity contribution is 5.27. The van der Waals surface area contributed by atoms with Crippen molar-refractivity contribution < 1.29 is 18.3 Å². The van der Waals surface area contributed by atoms with Crippen LogP contribution in [0.1, 0.15) is 81.6 Å². The lowest BCUT2D eigenvalue weighted by atomic mass is 9.76. The topological polar surface area (TPSA) is 18.5 Å². The van der Waals surface area contributed by atoms with Crippen LogP contribution in [-0.4, -0.2) is 13.2 Å². The van der Waals surface area contributed by atoms with Crippen LogP contribution in [0.25, 0.3) is 0 Å². The van der Waals surface area contributed by atoms with E-state index >= 15 is 0 Å². The summed E-state index contributed by atoms with van der Waals surface area (Å²) >= 11 is 0. The summed E-state index contributed by atoms with van der Waals surface area (Å²) in [4.78, 5) is 0. The Morgan fingerprint density at radius 2 is 1.38 bits per heavy atom. The van der Waals surface area contributed by atoms with Gasteiger partial charge in [0.25, 0.3) is 6.08 Å². The van der Waals surface area contributed by atoms with Gasteiger partial charge in [-0.1, -0.05) is 44.0 Å². The fourth-order valence-electron chi connectivity index (χ4n) is 5.46. The summed E-state index contributed by atoms with van der Waals surface area (Å²) < 4.78 is 37.1. The van der Waals surface area contributed by atoms with Gasteiger partial charge in [0.05, 0.1) is 13.2 Å². The van der Waals surface area contributed by atoms with Crippen LogP contribution in [0.2, 0.25) is 0 Å². The van der Waals surface area contributed by atoms with Gasteiger partial charge < -0.3 is 9.47 Å². The minimum absolute atomic E-state index is 0.0416. The molecule has 0 amide bonds. The van der Waals surface area contributed by atoms with Crippen molar-refractivity contribution in [2.24, 2.45) is 23.7 Å². The normalized spacial score (nSPS) is 35.8. The highest BCUT2D eigenvalue weighted by Crippen LogP contribution is 2.39. The molecule has 160 valence electrons. The summed E-state index contributed by atoms with van der Waals surface area (Å²) in [5.41, 5.74) is 2.39. The molecule has 3 aliphatic rings. The Morgan fingerprint density at radius 1 is 0.793 bits per heavy atom. The van der Waals surface area contributed by atoms with Gasteiger partial charge in [-0.3, -0.25) is 0 Å². The summed E-state index contributed by atoms with van der Waals surface area (Å²) in [5, 5.41) is 0. The molecule has 0 N–H and O–H groups in total. The van der Waals surface area contributed by atoms with E-state index in [2.05, 4.69) is 31.2 Å². The van der Waals surface area contributed by atoms with Crippen LogP contribution < -0.4 is 0 Å². The van der Waals surface area contributed by atoms with Gasteiger partial charge in [-0.25, -0.2) is 0 Å². The molecule has 1 aliphatic heterocycles. The maximum Gasteiger partial charge on any atom is 0.266 e. The lowest BCUT2D eigenvalue weighted by Gasteiger charge is -2.37. The minimum Gasteiger partial charge on any atom is -0.348 e. The predicted octanol–water partition coefficient (Wildman–Crippen LogP) is 7.23. The molecular formula is C25H34F2O2. The number of rotatable bonds is 4. The zero-order valence-corrected chi connectivity index (χ0v) is 17.5. The van der Waals surface area contributed by atoms with Crippen molar-refractivity contribution >= 4 is 0 Å². The van der Waals surface area contributed by atoms with E-state index in [1.54, 1.807) is 0 Å². The van der Waals surface area contributed by atoms with Gasteiger partial charge in [-0.05, 0) is 73.8 Å². The second-order valence-electron chi connectivity index (χ2n) is 9.51. The second-order valence-corrected chi connectivity index (χ2v) is 9.51. The fourth-order valence-corrected chi connectivity index (χ4v) is 5.46. The number of halogens is 2. The summed E-state index contributed by atoms with van der Waals surface area (Å²) in [6.45, 7) is 3.96. The Balaban J connectivity index is 1.26. The van der Waals surface area contributed by atoms with Gasteiger partial charge in [0, 0.05) is 11.5 Å². The zero-order chi connectivity index (χ0) is 20.2. The maximum absolute atomic E-state index is 12.4. The summed E-state index contributed by atoms with van der Waals surface area (Å²) in [6, 6.07) is 8.59. The van der Waals surface area contributed by atoms with Crippen LogP contribution in [0.4, 0.5) is 8.78 Å². The Morgan fingerprint density at radius 3 is 1.97 bits per heavy atom. The average Bonchev–Trinajstić information content (AvgIpc) is 2.75. The van der Waals surface area contributed by atoms with E-state index in [4.69, 9.17) is 9.47 Å². The number of hydrogen-bond donors (Lipinski definition) is 0. The van der Waals surface area contributed by atoms with Crippen LogP contribution >= 0.6 is 0 Å². The van der Waals surface area contributed by atoms with E-state index in [-0.39, 0.29) is 12.2 Å². The van der Waals surface area contributed by atoms with E-state index in [1.165, 1.54) is 31.2 Å². The molecule has 3 fully saturated rings. The third-order valence-electron chi connectivity index (χ3n) is 7.46. The van der Waals surface area contributed by atoms with Crippen LogP contribution in [-0.2, 0) is 9.47 Å². The number of ether oxygens (including phenoxy) is 2. The molecular weight excluding hydrogens is 370 g/mol. The van der Waals surface area contributed by atoms with Crippen molar-refractivity contribution in [1.29, 1.82) is 0 Å². The molecule has 2 nitrogen and oxygen atoms in total. The van der Waals surface area contributed by atoms with Crippen LogP contribution in [0.15, 0.2) is 36.4 Å². The molecule has 0 unspecified atom stereocenters. The van der Waals surface area contributed by atoms with Gasteiger partial charge in [-0.15, -0.1) is 0 Å². The molecule has 0 radical (unpaired) electrons. The quantitative estimate of drug-likeness (QED) is 0.527. The number of benzene rings is 1. The Labute approximate surface area is 173 Å². The molecule has 0 bridgehead atoms. The molecule has 4 heteroatoms. The largest absolute Gasteiger partial charge is 0.348 e. The van der Waals surface area contributed by atoms with E-state index in [1.807, 2.05) is 0 Å². The lowest BCUT2D eigenvalue weighted by molar-refractivity contribution is -0.214. The Kier molecular flexibility index (Phi) is 7.02. The molecule has 2 aliphatic carbocycles. The first kappa shape index (κ1) is 21.0. The number of allylic oxidation sites excluding steroid dienone is 1. The third-order valence-corrected chi connectivity index (χ3v) is 7.46. The van der Waals surface area contributed by atoms with E-state index in [0.29, 0.717) is 11.8 Å². The molecule has 1 heterocycles.